The zero-order chi connectivity index (χ0) is 10.7. The van der Waals surface area contributed by atoms with Gasteiger partial charge < -0.3 is 5.32 Å². The molecule has 0 amide bonds. The van der Waals surface area contributed by atoms with Crippen molar-refractivity contribution in [3.05, 3.63) is 0 Å². The van der Waals surface area contributed by atoms with E-state index in [0.29, 0.717) is 6.04 Å². The average molecular weight is 210 g/mol. The fourth-order valence-electron chi connectivity index (χ4n) is 2.35. The smallest absolute Gasteiger partial charge is 0.0192 e. The molecule has 2 saturated carbocycles. The van der Waals surface area contributed by atoms with Gasteiger partial charge in [0.1, 0.15) is 0 Å². The molecule has 2 fully saturated rings. The molecule has 2 nitrogen and oxygen atoms in total. The topological polar surface area (TPSA) is 15.3 Å². The summed E-state index contributed by atoms with van der Waals surface area (Å²) in [5, 5.41) is 3.60. The van der Waals surface area contributed by atoms with Gasteiger partial charge in [0.15, 0.2) is 0 Å². The normalized spacial score (nSPS) is 23.4. The van der Waals surface area contributed by atoms with Crippen molar-refractivity contribution in [2.75, 3.05) is 19.6 Å². The Balaban J connectivity index is 1.75. The maximum absolute atomic E-state index is 3.60. The molecule has 0 spiro atoms. The number of hydrogen-bond donors (Lipinski definition) is 1. The van der Waals surface area contributed by atoms with E-state index >= 15 is 0 Å². The van der Waals surface area contributed by atoms with E-state index in [1.165, 1.54) is 45.2 Å². The minimum Gasteiger partial charge on any atom is -0.313 e. The molecule has 2 rings (SSSR count). The van der Waals surface area contributed by atoms with Gasteiger partial charge in [0.2, 0.25) is 0 Å². The first kappa shape index (κ1) is 11.4. The monoisotopic (exact) mass is 210 g/mol. The minimum absolute atomic E-state index is 0.717. The largest absolute Gasteiger partial charge is 0.313 e. The first-order valence-corrected chi connectivity index (χ1v) is 6.80. The number of likely N-dealkylation sites (N-methyl/N-ethyl adjacent to an activating group) is 1. The van der Waals surface area contributed by atoms with Crippen LogP contribution in [-0.2, 0) is 0 Å². The molecule has 0 radical (unpaired) electrons. The molecule has 0 saturated heterocycles. The van der Waals surface area contributed by atoms with Crippen molar-refractivity contribution in [1.82, 2.24) is 10.2 Å². The SMILES string of the molecule is CCNC(CC)CN(CC1CC1)C1CC1. The highest BCUT2D eigenvalue weighted by molar-refractivity contribution is 4.90. The van der Waals surface area contributed by atoms with Crippen LogP contribution in [0.2, 0.25) is 0 Å². The Kier molecular flexibility index (Phi) is 4.04. The summed E-state index contributed by atoms with van der Waals surface area (Å²) in [4.78, 5) is 2.76. The summed E-state index contributed by atoms with van der Waals surface area (Å²) < 4.78 is 0. The molecule has 0 heterocycles. The van der Waals surface area contributed by atoms with E-state index in [0.717, 1.165) is 18.5 Å². The fourth-order valence-corrected chi connectivity index (χ4v) is 2.35. The third-order valence-corrected chi connectivity index (χ3v) is 3.69. The highest BCUT2D eigenvalue weighted by Gasteiger charge is 2.34. The summed E-state index contributed by atoms with van der Waals surface area (Å²) in [6, 6.07) is 1.66. The molecule has 0 aromatic heterocycles. The van der Waals surface area contributed by atoms with Gasteiger partial charge in [0.05, 0.1) is 0 Å². The number of hydrogen-bond acceptors (Lipinski definition) is 2. The number of nitrogens with zero attached hydrogens (tertiary/aromatic N) is 1. The van der Waals surface area contributed by atoms with Gasteiger partial charge in [0.25, 0.3) is 0 Å². The second kappa shape index (κ2) is 5.31. The summed E-state index contributed by atoms with van der Waals surface area (Å²) in [6.45, 7) is 8.29. The number of rotatable bonds is 8. The fraction of sp³-hybridized carbons (Fsp3) is 1.00. The molecule has 0 bridgehead atoms. The molecule has 1 unspecified atom stereocenters. The minimum atomic E-state index is 0.717. The van der Waals surface area contributed by atoms with E-state index in [2.05, 4.69) is 24.1 Å². The van der Waals surface area contributed by atoms with Crippen molar-refractivity contribution in [3.63, 3.8) is 0 Å². The first-order valence-electron chi connectivity index (χ1n) is 6.80. The molecule has 2 aliphatic carbocycles. The van der Waals surface area contributed by atoms with Crippen LogP contribution < -0.4 is 5.32 Å². The van der Waals surface area contributed by atoms with Crippen LogP contribution in [0.3, 0.4) is 0 Å². The molecular weight excluding hydrogens is 184 g/mol. The van der Waals surface area contributed by atoms with E-state index in [1.807, 2.05) is 0 Å². The van der Waals surface area contributed by atoms with Gasteiger partial charge in [-0.15, -0.1) is 0 Å². The highest BCUT2D eigenvalue weighted by atomic mass is 15.2. The summed E-state index contributed by atoms with van der Waals surface area (Å²) in [5.41, 5.74) is 0. The van der Waals surface area contributed by atoms with Gasteiger partial charge in [-0.25, -0.2) is 0 Å². The Labute approximate surface area is 94.4 Å². The molecule has 1 atom stereocenters. The second-order valence-electron chi connectivity index (χ2n) is 5.29. The van der Waals surface area contributed by atoms with Crippen LogP contribution in [0.5, 0.6) is 0 Å². The predicted octanol–water partition coefficient (Wildman–Crippen LogP) is 2.25. The zero-order valence-corrected chi connectivity index (χ0v) is 10.3. The van der Waals surface area contributed by atoms with E-state index in [4.69, 9.17) is 0 Å². The Hall–Kier alpha value is -0.0800. The third kappa shape index (κ3) is 3.76. The maximum atomic E-state index is 3.60. The van der Waals surface area contributed by atoms with Crippen molar-refractivity contribution in [2.45, 2.75) is 58.0 Å². The summed E-state index contributed by atoms with van der Waals surface area (Å²) in [6.07, 6.45) is 7.15. The lowest BCUT2D eigenvalue weighted by atomic mass is 10.2. The van der Waals surface area contributed by atoms with Gasteiger partial charge in [-0.05, 0) is 44.6 Å². The Morgan fingerprint density at radius 1 is 1.20 bits per heavy atom. The van der Waals surface area contributed by atoms with Crippen molar-refractivity contribution in [2.24, 2.45) is 5.92 Å². The molecule has 88 valence electrons. The lowest BCUT2D eigenvalue weighted by Gasteiger charge is -2.27. The van der Waals surface area contributed by atoms with E-state index in [1.54, 1.807) is 0 Å². The van der Waals surface area contributed by atoms with Crippen LogP contribution in [0.1, 0.15) is 46.0 Å². The molecule has 2 heteroatoms. The van der Waals surface area contributed by atoms with Gasteiger partial charge in [-0.1, -0.05) is 13.8 Å². The Bertz CT molecular complexity index is 185. The molecule has 0 aromatic carbocycles. The summed E-state index contributed by atoms with van der Waals surface area (Å²) >= 11 is 0. The quantitative estimate of drug-likeness (QED) is 0.661. The van der Waals surface area contributed by atoms with Crippen molar-refractivity contribution in [1.29, 1.82) is 0 Å². The van der Waals surface area contributed by atoms with Crippen molar-refractivity contribution in [3.8, 4) is 0 Å². The lowest BCUT2D eigenvalue weighted by molar-refractivity contribution is 0.221. The molecule has 0 aromatic rings. The standard InChI is InChI=1S/C13H26N2/c1-3-12(14-4-2)10-15(13-7-8-13)9-11-5-6-11/h11-14H,3-10H2,1-2H3. The third-order valence-electron chi connectivity index (χ3n) is 3.69. The molecule has 0 aliphatic heterocycles. The predicted molar refractivity (Wildman–Crippen MR) is 65.1 cm³/mol. The van der Waals surface area contributed by atoms with Crippen LogP contribution in [0.25, 0.3) is 0 Å². The van der Waals surface area contributed by atoms with Gasteiger partial charge in [-0.3, -0.25) is 4.90 Å². The van der Waals surface area contributed by atoms with Crippen LogP contribution in [0, 0.1) is 5.92 Å². The Morgan fingerprint density at radius 3 is 2.40 bits per heavy atom. The van der Waals surface area contributed by atoms with Crippen LogP contribution in [0.4, 0.5) is 0 Å². The highest BCUT2D eigenvalue weighted by Crippen LogP contribution is 2.34. The average Bonchev–Trinajstić information content (AvgIpc) is 3.07. The van der Waals surface area contributed by atoms with Crippen LogP contribution in [0.15, 0.2) is 0 Å². The second-order valence-corrected chi connectivity index (χ2v) is 5.29. The van der Waals surface area contributed by atoms with E-state index in [9.17, 15) is 0 Å². The molecule has 2 aliphatic rings. The Morgan fingerprint density at radius 2 is 1.93 bits per heavy atom. The molecular formula is C13H26N2. The maximum Gasteiger partial charge on any atom is 0.0192 e. The summed E-state index contributed by atoms with van der Waals surface area (Å²) in [5.74, 6) is 1.05. The van der Waals surface area contributed by atoms with E-state index in [-0.39, 0.29) is 0 Å². The van der Waals surface area contributed by atoms with Gasteiger partial charge in [0, 0.05) is 25.2 Å². The van der Waals surface area contributed by atoms with Crippen LogP contribution >= 0.6 is 0 Å². The molecule has 15 heavy (non-hydrogen) atoms. The van der Waals surface area contributed by atoms with E-state index < -0.39 is 0 Å². The van der Waals surface area contributed by atoms with Crippen molar-refractivity contribution < 1.29 is 0 Å². The van der Waals surface area contributed by atoms with Crippen LogP contribution in [-0.4, -0.2) is 36.6 Å². The lowest BCUT2D eigenvalue weighted by Crippen LogP contribution is -2.42. The summed E-state index contributed by atoms with van der Waals surface area (Å²) in [7, 11) is 0. The number of nitrogens with one attached hydrogen (secondary N) is 1. The van der Waals surface area contributed by atoms with Gasteiger partial charge >= 0.3 is 0 Å². The molecule has 1 N–H and O–H groups in total. The first-order chi connectivity index (χ1) is 7.33. The van der Waals surface area contributed by atoms with Gasteiger partial charge in [-0.2, -0.15) is 0 Å². The zero-order valence-electron chi connectivity index (χ0n) is 10.3. The van der Waals surface area contributed by atoms with Crippen molar-refractivity contribution >= 4 is 0 Å².